The van der Waals surface area contributed by atoms with Crippen LogP contribution < -0.4 is 11.1 Å². The fourth-order valence-electron chi connectivity index (χ4n) is 3.67. The van der Waals surface area contributed by atoms with Gasteiger partial charge in [0.1, 0.15) is 5.76 Å². The summed E-state index contributed by atoms with van der Waals surface area (Å²) in [6.07, 6.45) is 6.15. The lowest BCUT2D eigenvalue weighted by atomic mass is 9.95. The number of guanidine groups is 1. The molecular formula is C19H30N4O3. The van der Waals surface area contributed by atoms with Gasteiger partial charge in [0, 0.05) is 51.5 Å². The number of hydrogen-bond donors (Lipinski definition) is 2. The number of aliphatic imine (C=N–C) groups is 1. The second-order valence-electron chi connectivity index (χ2n) is 7.27. The van der Waals surface area contributed by atoms with E-state index < -0.39 is 0 Å². The van der Waals surface area contributed by atoms with Gasteiger partial charge in [0.2, 0.25) is 5.91 Å². The molecule has 2 aliphatic heterocycles. The summed E-state index contributed by atoms with van der Waals surface area (Å²) in [5, 5.41) is 3.48. The second-order valence-corrected chi connectivity index (χ2v) is 7.27. The van der Waals surface area contributed by atoms with Crippen molar-refractivity contribution in [2.45, 2.75) is 32.1 Å². The van der Waals surface area contributed by atoms with Crippen LogP contribution in [0.4, 0.5) is 0 Å². The van der Waals surface area contributed by atoms with Crippen LogP contribution in [-0.2, 0) is 16.0 Å². The summed E-state index contributed by atoms with van der Waals surface area (Å²) in [5.41, 5.74) is 5.39. The van der Waals surface area contributed by atoms with E-state index in [-0.39, 0.29) is 5.91 Å². The van der Waals surface area contributed by atoms with E-state index in [2.05, 4.69) is 10.2 Å². The first-order valence-electron chi connectivity index (χ1n) is 9.62. The number of nitrogens with two attached hydrogens (primary N) is 1. The van der Waals surface area contributed by atoms with Crippen LogP contribution in [-0.4, -0.2) is 56.2 Å². The van der Waals surface area contributed by atoms with Gasteiger partial charge in [-0.15, -0.1) is 0 Å². The van der Waals surface area contributed by atoms with Gasteiger partial charge in [0.15, 0.2) is 5.96 Å². The lowest BCUT2D eigenvalue weighted by molar-refractivity contribution is -0.119. The minimum atomic E-state index is -0.218. The Morgan fingerprint density at radius 3 is 3.04 bits per heavy atom. The largest absolute Gasteiger partial charge is 0.469 e. The zero-order chi connectivity index (χ0) is 18.2. The molecule has 26 heavy (non-hydrogen) atoms. The normalized spacial score (nSPS) is 24.0. The predicted octanol–water partition coefficient (Wildman–Crippen LogP) is 1.39. The summed E-state index contributed by atoms with van der Waals surface area (Å²) in [4.78, 5) is 18.4. The van der Waals surface area contributed by atoms with E-state index in [0.717, 1.165) is 76.8 Å². The molecule has 1 aromatic heterocycles. The highest BCUT2D eigenvalue weighted by molar-refractivity contribution is 5.80. The number of primary amides is 1. The van der Waals surface area contributed by atoms with E-state index in [0.29, 0.717) is 18.3 Å². The smallest absolute Gasteiger partial charge is 0.217 e. The van der Waals surface area contributed by atoms with Crippen molar-refractivity contribution < 1.29 is 13.9 Å². The molecule has 0 bridgehead atoms. The van der Waals surface area contributed by atoms with Gasteiger partial charge in [0.25, 0.3) is 0 Å². The van der Waals surface area contributed by atoms with Crippen molar-refractivity contribution >= 4 is 11.9 Å². The van der Waals surface area contributed by atoms with Crippen molar-refractivity contribution in [2.24, 2.45) is 22.6 Å². The number of nitrogens with one attached hydrogen (secondary N) is 1. The molecule has 0 saturated carbocycles. The fourth-order valence-corrected chi connectivity index (χ4v) is 3.67. The third-order valence-corrected chi connectivity index (χ3v) is 5.07. The van der Waals surface area contributed by atoms with E-state index in [1.165, 1.54) is 0 Å². The van der Waals surface area contributed by atoms with Crippen LogP contribution in [0.5, 0.6) is 0 Å². The number of piperidine rings is 1. The van der Waals surface area contributed by atoms with Crippen molar-refractivity contribution in [1.82, 2.24) is 10.2 Å². The first-order valence-corrected chi connectivity index (χ1v) is 9.62. The number of nitrogens with zero attached hydrogens (tertiary/aromatic N) is 2. The molecule has 0 aromatic carbocycles. The van der Waals surface area contributed by atoms with Crippen LogP contribution in [0.2, 0.25) is 0 Å². The van der Waals surface area contributed by atoms with Crippen LogP contribution in [0.15, 0.2) is 27.8 Å². The average molecular weight is 362 g/mol. The van der Waals surface area contributed by atoms with Crippen molar-refractivity contribution in [3.05, 3.63) is 24.2 Å². The van der Waals surface area contributed by atoms with Crippen LogP contribution in [0.25, 0.3) is 0 Å². The molecule has 2 fully saturated rings. The number of furan rings is 1. The molecule has 2 aliphatic rings. The van der Waals surface area contributed by atoms with E-state index in [1.807, 2.05) is 12.1 Å². The Morgan fingerprint density at radius 2 is 2.31 bits per heavy atom. The predicted molar refractivity (Wildman–Crippen MR) is 99.8 cm³/mol. The minimum Gasteiger partial charge on any atom is -0.469 e. The van der Waals surface area contributed by atoms with Crippen molar-refractivity contribution in [1.29, 1.82) is 0 Å². The topological polar surface area (TPSA) is 93.1 Å². The molecule has 3 N–H and O–H groups in total. The summed E-state index contributed by atoms with van der Waals surface area (Å²) >= 11 is 0. The Morgan fingerprint density at radius 1 is 1.38 bits per heavy atom. The standard InChI is InChI=1S/C19H30N4O3/c20-18(24)11-15-3-1-8-23(13-15)19(22-12-16-6-10-25-14-16)21-7-5-17-4-2-9-26-17/h2,4,9,15-16H,1,3,5-8,10-14H2,(H2,20,24)(H,21,22). The highest BCUT2D eigenvalue weighted by atomic mass is 16.5. The number of amides is 1. The van der Waals surface area contributed by atoms with Gasteiger partial charge in [-0.3, -0.25) is 9.79 Å². The van der Waals surface area contributed by atoms with Crippen LogP contribution in [0.3, 0.4) is 0 Å². The molecule has 2 unspecified atom stereocenters. The summed E-state index contributed by atoms with van der Waals surface area (Å²) in [6, 6.07) is 3.89. The molecule has 0 aliphatic carbocycles. The number of hydrogen-bond acceptors (Lipinski definition) is 4. The maximum Gasteiger partial charge on any atom is 0.217 e. The first kappa shape index (κ1) is 18.8. The van der Waals surface area contributed by atoms with Gasteiger partial charge < -0.3 is 25.1 Å². The molecule has 7 heteroatoms. The molecule has 1 amide bonds. The van der Waals surface area contributed by atoms with Crippen LogP contribution in [0.1, 0.15) is 31.4 Å². The first-order chi connectivity index (χ1) is 12.7. The molecule has 0 spiro atoms. The average Bonchev–Trinajstić information content (AvgIpc) is 3.31. The summed E-state index contributed by atoms with van der Waals surface area (Å²) < 4.78 is 10.9. The number of carbonyl (C=O) groups is 1. The van der Waals surface area contributed by atoms with Gasteiger partial charge in [-0.1, -0.05) is 0 Å². The van der Waals surface area contributed by atoms with E-state index in [9.17, 15) is 4.79 Å². The molecule has 2 atom stereocenters. The zero-order valence-corrected chi connectivity index (χ0v) is 15.4. The highest BCUT2D eigenvalue weighted by Gasteiger charge is 2.24. The molecule has 1 aromatic rings. The molecular weight excluding hydrogens is 332 g/mol. The molecule has 144 valence electrons. The fraction of sp³-hybridized carbons (Fsp3) is 0.684. The molecule has 0 radical (unpaired) electrons. The Labute approximate surface area is 155 Å². The number of rotatable bonds is 7. The molecule has 2 saturated heterocycles. The van der Waals surface area contributed by atoms with Gasteiger partial charge in [-0.25, -0.2) is 0 Å². The monoisotopic (exact) mass is 362 g/mol. The third kappa shape index (κ3) is 5.76. The summed E-state index contributed by atoms with van der Waals surface area (Å²) in [7, 11) is 0. The molecule has 3 heterocycles. The Bertz CT molecular complexity index is 582. The maximum atomic E-state index is 11.3. The summed E-state index contributed by atoms with van der Waals surface area (Å²) in [5.74, 6) is 2.49. The van der Waals surface area contributed by atoms with E-state index >= 15 is 0 Å². The zero-order valence-electron chi connectivity index (χ0n) is 15.4. The van der Waals surface area contributed by atoms with Gasteiger partial charge in [0.05, 0.1) is 12.9 Å². The molecule has 3 rings (SSSR count). The van der Waals surface area contributed by atoms with Gasteiger partial charge in [-0.05, 0) is 37.3 Å². The lowest BCUT2D eigenvalue weighted by Crippen LogP contribution is -2.47. The summed E-state index contributed by atoms with van der Waals surface area (Å²) in [6.45, 7) is 4.98. The van der Waals surface area contributed by atoms with E-state index in [1.54, 1.807) is 6.26 Å². The number of carbonyl (C=O) groups excluding carboxylic acids is 1. The minimum absolute atomic E-state index is 0.218. The SMILES string of the molecule is NC(=O)CC1CCCN(C(=NCC2CCOC2)NCCc2ccco2)C1. The van der Waals surface area contributed by atoms with Gasteiger partial charge >= 0.3 is 0 Å². The van der Waals surface area contributed by atoms with Crippen LogP contribution >= 0.6 is 0 Å². The lowest BCUT2D eigenvalue weighted by Gasteiger charge is -2.35. The maximum absolute atomic E-state index is 11.3. The van der Waals surface area contributed by atoms with Crippen molar-refractivity contribution in [3.63, 3.8) is 0 Å². The third-order valence-electron chi connectivity index (χ3n) is 5.07. The molecule has 7 nitrogen and oxygen atoms in total. The highest BCUT2D eigenvalue weighted by Crippen LogP contribution is 2.20. The Hall–Kier alpha value is -2.02. The second kappa shape index (κ2) is 9.62. The number of likely N-dealkylation sites (tertiary alicyclic amines) is 1. The quantitative estimate of drug-likeness (QED) is 0.565. The van der Waals surface area contributed by atoms with Gasteiger partial charge in [-0.2, -0.15) is 0 Å². The van der Waals surface area contributed by atoms with Crippen LogP contribution in [0, 0.1) is 11.8 Å². The Kier molecular flexibility index (Phi) is 6.94. The van der Waals surface area contributed by atoms with Crippen molar-refractivity contribution in [3.8, 4) is 0 Å². The number of ether oxygens (including phenoxy) is 1. The van der Waals surface area contributed by atoms with E-state index in [4.69, 9.17) is 19.9 Å². The van der Waals surface area contributed by atoms with Crippen molar-refractivity contribution in [2.75, 3.05) is 39.4 Å². The Balaban J connectivity index is 1.58.